The fraction of sp³-hybridized carbons (Fsp3) is 0.750. The number of thiophene rings is 1. The van der Waals surface area contributed by atoms with Crippen molar-refractivity contribution >= 4 is 11.3 Å². The second kappa shape index (κ2) is 6.72. The summed E-state index contributed by atoms with van der Waals surface area (Å²) in [6.45, 7) is 6.90. The molecule has 1 fully saturated rings. The standard InChI is InChI=1S/C16H27NS/c1-14(2)12-17-13-16(15-8-7-11-18-15)9-5-3-4-6-10-16/h7-8,11,14,17H,3-6,9-10,12-13H2,1-2H3. The lowest BCUT2D eigenvalue weighted by molar-refractivity contribution is 0.345. The van der Waals surface area contributed by atoms with Gasteiger partial charge in [-0.1, -0.05) is 45.6 Å². The van der Waals surface area contributed by atoms with Crippen LogP contribution in [0.5, 0.6) is 0 Å². The molecule has 1 aromatic heterocycles. The summed E-state index contributed by atoms with van der Waals surface area (Å²) in [5.41, 5.74) is 0.430. The molecule has 0 radical (unpaired) electrons. The molecule has 1 nitrogen and oxygen atoms in total. The first kappa shape index (κ1) is 14.1. The average Bonchev–Trinajstić information content (AvgIpc) is 2.77. The van der Waals surface area contributed by atoms with Crippen molar-refractivity contribution in [3.8, 4) is 0 Å². The van der Waals surface area contributed by atoms with E-state index in [2.05, 4.69) is 36.7 Å². The maximum Gasteiger partial charge on any atom is 0.0172 e. The van der Waals surface area contributed by atoms with Crippen LogP contribution < -0.4 is 5.32 Å². The van der Waals surface area contributed by atoms with Gasteiger partial charge >= 0.3 is 0 Å². The van der Waals surface area contributed by atoms with Crippen LogP contribution >= 0.6 is 11.3 Å². The molecule has 1 aliphatic carbocycles. The molecule has 0 atom stereocenters. The number of hydrogen-bond acceptors (Lipinski definition) is 2. The van der Waals surface area contributed by atoms with Crippen molar-refractivity contribution in [3.63, 3.8) is 0 Å². The van der Waals surface area contributed by atoms with Crippen LogP contribution in [0.4, 0.5) is 0 Å². The van der Waals surface area contributed by atoms with E-state index in [4.69, 9.17) is 0 Å². The summed E-state index contributed by atoms with van der Waals surface area (Å²) in [6.07, 6.45) is 8.41. The van der Waals surface area contributed by atoms with Crippen molar-refractivity contribution in [1.29, 1.82) is 0 Å². The molecule has 1 aliphatic rings. The van der Waals surface area contributed by atoms with Crippen molar-refractivity contribution in [3.05, 3.63) is 22.4 Å². The van der Waals surface area contributed by atoms with Gasteiger partial charge in [0.2, 0.25) is 0 Å². The van der Waals surface area contributed by atoms with Gasteiger partial charge in [0.25, 0.3) is 0 Å². The zero-order valence-electron chi connectivity index (χ0n) is 11.9. The van der Waals surface area contributed by atoms with Gasteiger partial charge in [-0.3, -0.25) is 0 Å². The normalized spacial score (nSPS) is 19.9. The number of hydrogen-bond donors (Lipinski definition) is 1. The van der Waals surface area contributed by atoms with E-state index in [1.165, 1.54) is 45.1 Å². The third-order valence-electron chi connectivity index (χ3n) is 4.12. The minimum absolute atomic E-state index is 0.430. The zero-order chi connectivity index (χ0) is 12.8. The number of rotatable bonds is 5. The minimum atomic E-state index is 0.430. The van der Waals surface area contributed by atoms with Crippen molar-refractivity contribution in [2.45, 2.75) is 57.8 Å². The third kappa shape index (κ3) is 3.58. The predicted octanol–water partition coefficient (Wildman–Crippen LogP) is 4.59. The fourth-order valence-electron chi connectivity index (χ4n) is 3.10. The molecule has 1 N–H and O–H groups in total. The SMILES string of the molecule is CC(C)CNCC1(c2cccs2)CCCCCC1. The van der Waals surface area contributed by atoms with E-state index in [-0.39, 0.29) is 0 Å². The summed E-state index contributed by atoms with van der Waals surface area (Å²) in [6, 6.07) is 4.57. The minimum Gasteiger partial charge on any atom is -0.316 e. The van der Waals surface area contributed by atoms with Crippen LogP contribution in [0.3, 0.4) is 0 Å². The van der Waals surface area contributed by atoms with Crippen molar-refractivity contribution < 1.29 is 0 Å². The molecule has 2 rings (SSSR count). The van der Waals surface area contributed by atoms with Crippen LogP contribution in [-0.2, 0) is 5.41 Å². The summed E-state index contributed by atoms with van der Waals surface area (Å²) >= 11 is 1.96. The fourth-order valence-corrected chi connectivity index (χ4v) is 4.08. The number of nitrogens with one attached hydrogen (secondary N) is 1. The summed E-state index contributed by atoms with van der Waals surface area (Å²) < 4.78 is 0. The van der Waals surface area contributed by atoms with Crippen molar-refractivity contribution in [2.24, 2.45) is 5.92 Å². The molecule has 18 heavy (non-hydrogen) atoms. The molecule has 0 bridgehead atoms. The highest BCUT2D eigenvalue weighted by Gasteiger charge is 2.33. The van der Waals surface area contributed by atoms with E-state index >= 15 is 0 Å². The topological polar surface area (TPSA) is 12.0 Å². The van der Waals surface area contributed by atoms with Crippen molar-refractivity contribution in [1.82, 2.24) is 5.32 Å². The lowest BCUT2D eigenvalue weighted by Gasteiger charge is -2.32. The van der Waals surface area contributed by atoms with E-state index in [9.17, 15) is 0 Å². The largest absolute Gasteiger partial charge is 0.316 e. The summed E-state index contributed by atoms with van der Waals surface area (Å²) in [4.78, 5) is 1.61. The highest BCUT2D eigenvalue weighted by Crippen LogP contribution is 2.40. The van der Waals surface area contributed by atoms with E-state index in [0.29, 0.717) is 5.41 Å². The van der Waals surface area contributed by atoms with Gasteiger partial charge < -0.3 is 5.32 Å². The Labute approximate surface area is 116 Å². The van der Waals surface area contributed by atoms with Gasteiger partial charge in [0.1, 0.15) is 0 Å². The van der Waals surface area contributed by atoms with E-state index < -0.39 is 0 Å². The lowest BCUT2D eigenvalue weighted by Crippen LogP contribution is -2.38. The Morgan fingerprint density at radius 3 is 2.50 bits per heavy atom. The molecule has 0 amide bonds. The maximum absolute atomic E-state index is 3.72. The van der Waals surface area contributed by atoms with Gasteiger partial charge in [-0.2, -0.15) is 0 Å². The molecular weight excluding hydrogens is 238 g/mol. The molecule has 0 unspecified atom stereocenters. The first-order valence-corrected chi connectivity index (χ1v) is 8.36. The first-order valence-electron chi connectivity index (χ1n) is 7.48. The molecule has 1 heterocycles. The summed E-state index contributed by atoms with van der Waals surface area (Å²) in [5.74, 6) is 0.746. The Kier molecular flexibility index (Phi) is 5.25. The van der Waals surface area contributed by atoms with E-state index in [1.54, 1.807) is 4.88 Å². The van der Waals surface area contributed by atoms with Gasteiger partial charge in [0.05, 0.1) is 0 Å². The Bertz CT molecular complexity index is 321. The highest BCUT2D eigenvalue weighted by molar-refractivity contribution is 7.10. The predicted molar refractivity (Wildman–Crippen MR) is 81.4 cm³/mol. The molecule has 0 spiro atoms. The van der Waals surface area contributed by atoms with Gasteiger partial charge in [0.15, 0.2) is 0 Å². The Morgan fingerprint density at radius 2 is 1.94 bits per heavy atom. The Hall–Kier alpha value is -0.340. The smallest absolute Gasteiger partial charge is 0.0172 e. The van der Waals surface area contributed by atoms with Gasteiger partial charge in [-0.15, -0.1) is 11.3 Å². The Morgan fingerprint density at radius 1 is 1.22 bits per heavy atom. The van der Waals surface area contributed by atoms with Crippen LogP contribution in [0.15, 0.2) is 17.5 Å². The molecule has 0 aromatic carbocycles. The molecule has 102 valence electrons. The van der Waals surface area contributed by atoms with Crippen LogP contribution in [0.1, 0.15) is 57.2 Å². The van der Waals surface area contributed by atoms with Crippen LogP contribution in [0.2, 0.25) is 0 Å². The summed E-state index contributed by atoms with van der Waals surface area (Å²) in [5, 5.41) is 5.96. The molecule has 2 heteroatoms. The highest BCUT2D eigenvalue weighted by atomic mass is 32.1. The first-order chi connectivity index (χ1) is 8.73. The molecule has 1 aromatic rings. The monoisotopic (exact) mass is 265 g/mol. The van der Waals surface area contributed by atoms with Gasteiger partial charge in [-0.25, -0.2) is 0 Å². The van der Waals surface area contributed by atoms with E-state index in [0.717, 1.165) is 12.5 Å². The van der Waals surface area contributed by atoms with Crippen LogP contribution in [-0.4, -0.2) is 13.1 Å². The lowest BCUT2D eigenvalue weighted by atomic mass is 9.78. The third-order valence-corrected chi connectivity index (χ3v) is 5.24. The summed E-state index contributed by atoms with van der Waals surface area (Å²) in [7, 11) is 0. The molecule has 0 aliphatic heterocycles. The molecule has 1 saturated carbocycles. The molecular formula is C16H27NS. The second-order valence-electron chi connectivity index (χ2n) is 6.20. The zero-order valence-corrected chi connectivity index (χ0v) is 12.7. The Balaban J connectivity index is 2.06. The van der Waals surface area contributed by atoms with Crippen LogP contribution in [0.25, 0.3) is 0 Å². The maximum atomic E-state index is 3.72. The quantitative estimate of drug-likeness (QED) is 0.768. The average molecular weight is 265 g/mol. The van der Waals surface area contributed by atoms with Crippen molar-refractivity contribution in [2.75, 3.05) is 13.1 Å². The second-order valence-corrected chi connectivity index (χ2v) is 7.14. The van der Waals surface area contributed by atoms with E-state index in [1.807, 2.05) is 11.3 Å². The van der Waals surface area contributed by atoms with Crippen LogP contribution in [0, 0.1) is 5.92 Å². The van der Waals surface area contributed by atoms with Gasteiger partial charge in [-0.05, 0) is 36.8 Å². The molecule has 0 saturated heterocycles. The van der Waals surface area contributed by atoms with Gasteiger partial charge in [0, 0.05) is 16.8 Å².